The van der Waals surface area contributed by atoms with Crippen molar-refractivity contribution in [1.82, 2.24) is 5.32 Å². The maximum absolute atomic E-state index is 11.6. The predicted molar refractivity (Wildman–Crippen MR) is 86.8 cm³/mol. The highest BCUT2D eigenvalue weighted by Crippen LogP contribution is 2.23. The summed E-state index contributed by atoms with van der Waals surface area (Å²) in [5.74, 6) is -1.05. The normalized spacial score (nSPS) is 17.5. The van der Waals surface area contributed by atoms with E-state index in [1.54, 1.807) is 12.1 Å². The molecule has 0 aliphatic carbocycles. The Labute approximate surface area is 136 Å². The van der Waals surface area contributed by atoms with Gasteiger partial charge in [0.15, 0.2) is 5.17 Å². The van der Waals surface area contributed by atoms with E-state index in [0.29, 0.717) is 5.56 Å². The SMILES string of the molecule is COC(=O)/C=C1/S/C(=N\N=Cc2cccc(C#N)c2C)NC1=O. The van der Waals surface area contributed by atoms with Gasteiger partial charge in [-0.05, 0) is 35.9 Å². The number of hydrogen-bond donors (Lipinski definition) is 1. The monoisotopic (exact) mass is 328 g/mol. The molecule has 7 nitrogen and oxygen atoms in total. The summed E-state index contributed by atoms with van der Waals surface area (Å²) in [7, 11) is 1.23. The molecular formula is C15H12N4O3S. The maximum Gasteiger partial charge on any atom is 0.331 e. The number of thioether (sulfide) groups is 1. The largest absolute Gasteiger partial charge is 0.466 e. The Balaban J connectivity index is 2.13. The van der Waals surface area contributed by atoms with Gasteiger partial charge in [-0.2, -0.15) is 10.4 Å². The number of nitrogens with zero attached hydrogens (tertiary/aromatic N) is 3. The minimum Gasteiger partial charge on any atom is -0.466 e. The van der Waals surface area contributed by atoms with E-state index < -0.39 is 11.9 Å². The Morgan fingerprint density at radius 2 is 2.26 bits per heavy atom. The third kappa shape index (κ3) is 4.05. The smallest absolute Gasteiger partial charge is 0.331 e. The van der Waals surface area contributed by atoms with Gasteiger partial charge in [-0.15, -0.1) is 5.10 Å². The molecule has 1 heterocycles. The standard InChI is InChI=1S/C15H12N4O3S/c1-9-10(7-16)4-3-5-11(9)8-17-19-15-18-14(21)12(23-15)6-13(20)22-2/h3-6,8H,1-2H3,(H,18,19,21)/b12-6+,17-8?. The van der Waals surface area contributed by atoms with Crippen molar-refractivity contribution in [2.45, 2.75) is 6.92 Å². The number of amides is 1. The summed E-state index contributed by atoms with van der Waals surface area (Å²) in [6.07, 6.45) is 2.59. The first-order valence-corrected chi connectivity index (χ1v) is 7.26. The molecule has 1 saturated heterocycles. The predicted octanol–water partition coefficient (Wildman–Crippen LogP) is 1.48. The number of methoxy groups -OCH3 is 1. The number of esters is 1. The van der Waals surface area contributed by atoms with E-state index >= 15 is 0 Å². The van der Waals surface area contributed by atoms with Crippen molar-refractivity contribution in [2.75, 3.05) is 7.11 Å². The minimum absolute atomic E-state index is 0.188. The zero-order valence-electron chi connectivity index (χ0n) is 12.4. The van der Waals surface area contributed by atoms with Crippen molar-refractivity contribution < 1.29 is 14.3 Å². The molecule has 0 saturated carbocycles. The Bertz CT molecular complexity index is 790. The van der Waals surface area contributed by atoms with Gasteiger partial charge in [0.1, 0.15) is 0 Å². The molecule has 1 aliphatic rings. The van der Waals surface area contributed by atoms with Gasteiger partial charge in [-0.1, -0.05) is 12.1 Å². The third-order valence-electron chi connectivity index (χ3n) is 2.94. The molecule has 0 unspecified atom stereocenters. The molecule has 2 rings (SSSR count). The molecule has 1 aromatic rings. The molecular weight excluding hydrogens is 316 g/mol. The van der Waals surface area contributed by atoms with E-state index in [1.165, 1.54) is 13.3 Å². The Kier molecular flexibility index (Phi) is 5.28. The molecule has 0 aromatic heterocycles. The number of nitrogens with one attached hydrogen (secondary N) is 1. The molecule has 0 bridgehead atoms. The van der Waals surface area contributed by atoms with Crippen molar-refractivity contribution in [2.24, 2.45) is 10.2 Å². The van der Waals surface area contributed by atoms with Crippen LogP contribution < -0.4 is 5.32 Å². The molecule has 1 N–H and O–H groups in total. The van der Waals surface area contributed by atoms with Crippen molar-refractivity contribution in [1.29, 1.82) is 5.26 Å². The highest BCUT2D eigenvalue weighted by molar-refractivity contribution is 8.18. The van der Waals surface area contributed by atoms with Gasteiger partial charge in [0.05, 0.1) is 29.9 Å². The lowest BCUT2D eigenvalue weighted by molar-refractivity contribution is -0.135. The van der Waals surface area contributed by atoms with Crippen LogP contribution >= 0.6 is 11.8 Å². The van der Waals surface area contributed by atoms with Gasteiger partial charge < -0.3 is 4.74 Å². The Morgan fingerprint density at radius 3 is 2.96 bits per heavy atom. The molecule has 1 fully saturated rings. The summed E-state index contributed by atoms with van der Waals surface area (Å²) in [5, 5.41) is 19.5. The number of nitriles is 1. The van der Waals surface area contributed by atoms with Crippen LogP contribution in [0.25, 0.3) is 0 Å². The van der Waals surface area contributed by atoms with Gasteiger partial charge in [0, 0.05) is 6.08 Å². The van der Waals surface area contributed by atoms with Gasteiger partial charge in [0.25, 0.3) is 5.91 Å². The highest BCUT2D eigenvalue weighted by Gasteiger charge is 2.24. The molecule has 0 spiro atoms. The minimum atomic E-state index is -0.614. The molecule has 23 heavy (non-hydrogen) atoms. The van der Waals surface area contributed by atoms with Gasteiger partial charge in [0.2, 0.25) is 0 Å². The molecule has 116 valence electrons. The lowest BCUT2D eigenvalue weighted by atomic mass is 10.0. The number of hydrogen-bond acceptors (Lipinski definition) is 7. The van der Waals surface area contributed by atoms with Crippen LogP contribution in [-0.4, -0.2) is 30.4 Å². The van der Waals surface area contributed by atoms with E-state index in [4.69, 9.17) is 5.26 Å². The summed E-state index contributed by atoms with van der Waals surface area (Å²) in [6.45, 7) is 1.82. The van der Waals surface area contributed by atoms with Crippen molar-refractivity contribution in [3.05, 3.63) is 45.9 Å². The van der Waals surface area contributed by atoms with Crippen LogP contribution in [-0.2, 0) is 14.3 Å². The fourth-order valence-corrected chi connectivity index (χ4v) is 2.44. The molecule has 1 aliphatic heterocycles. The summed E-state index contributed by atoms with van der Waals surface area (Å²) in [4.78, 5) is 22.9. The summed E-state index contributed by atoms with van der Waals surface area (Å²) >= 11 is 0.993. The second-order valence-electron chi connectivity index (χ2n) is 4.37. The lowest BCUT2D eigenvalue weighted by Crippen LogP contribution is -2.19. The van der Waals surface area contributed by atoms with Crippen LogP contribution in [0.3, 0.4) is 0 Å². The molecule has 1 aromatic carbocycles. The highest BCUT2D eigenvalue weighted by atomic mass is 32.2. The second kappa shape index (κ2) is 7.38. The van der Waals surface area contributed by atoms with Crippen LogP contribution in [0.5, 0.6) is 0 Å². The zero-order chi connectivity index (χ0) is 16.8. The fourth-order valence-electron chi connectivity index (χ4n) is 1.70. The van der Waals surface area contributed by atoms with Crippen LogP contribution in [0.2, 0.25) is 0 Å². The van der Waals surface area contributed by atoms with Crippen molar-refractivity contribution in [3.8, 4) is 6.07 Å². The first kappa shape index (κ1) is 16.5. The Hall–Kier alpha value is -2.92. The number of carbonyl (C=O) groups is 2. The second-order valence-corrected chi connectivity index (χ2v) is 5.40. The summed E-state index contributed by atoms with van der Waals surface area (Å²) in [5.41, 5.74) is 2.12. The lowest BCUT2D eigenvalue weighted by Gasteiger charge is -2.00. The topological polar surface area (TPSA) is 104 Å². The van der Waals surface area contributed by atoms with Crippen LogP contribution in [0.4, 0.5) is 0 Å². The quantitative estimate of drug-likeness (QED) is 0.392. The first-order valence-electron chi connectivity index (χ1n) is 6.44. The van der Waals surface area contributed by atoms with E-state index in [-0.39, 0.29) is 10.1 Å². The third-order valence-corrected chi connectivity index (χ3v) is 3.84. The number of benzene rings is 1. The van der Waals surface area contributed by atoms with Crippen LogP contribution in [0.15, 0.2) is 39.4 Å². The van der Waals surface area contributed by atoms with Crippen LogP contribution in [0, 0.1) is 18.3 Å². The average Bonchev–Trinajstić information content (AvgIpc) is 2.88. The summed E-state index contributed by atoms with van der Waals surface area (Å²) < 4.78 is 4.47. The number of ether oxygens (including phenoxy) is 1. The fraction of sp³-hybridized carbons (Fsp3) is 0.133. The van der Waals surface area contributed by atoms with E-state index in [1.807, 2.05) is 13.0 Å². The summed E-state index contributed by atoms with van der Waals surface area (Å²) in [6, 6.07) is 7.37. The maximum atomic E-state index is 11.6. The van der Waals surface area contributed by atoms with E-state index in [0.717, 1.165) is 29.0 Å². The number of carbonyl (C=O) groups excluding carboxylic acids is 2. The number of rotatable bonds is 3. The van der Waals surface area contributed by atoms with E-state index in [9.17, 15) is 9.59 Å². The van der Waals surface area contributed by atoms with Crippen LogP contribution in [0.1, 0.15) is 16.7 Å². The molecule has 1 amide bonds. The van der Waals surface area contributed by atoms with Crippen molar-refractivity contribution in [3.63, 3.8) is 0 Å². The first-order chi connectivity index (χ1) is 11.0. The Morgan fingerprint density at radius 1 is 1.48 bits per heavy atom. The van der Waals surface area contributed by atoms with Gasteiger partial charge >= 0.3 is 5.97 Å². The molecule has 0 atom stereocenters. The number of amidine groups is 1. The van der Waals surface area contributed by atoms with E-state index in [2.05, 4.69) is 26.3 Å². The molecule has 0 radical (unpaired) electrons. The average molecular weight is 328 g/mol. The molecule has 8 heteroatoms. The van der Waals surface area contributed by atoms with Gasteiger partial charge in [-0.25, -0.2) is 4.79 Å². The van der Waals surface area contributed by atoms with Crippen molar-refractivity contribution >= 4 is 35.0 Å². The zero-order valence-corrected chi connectivity index (χ0v) is 13.2. The van der Waals surface area contributed by atoms with Gasteiger partial charge in [-0.3, -0.25) is 10.1 Å².